The fraction of sp³-hybridized carbons (Fsp3) is 0.286. The van der Waals surface area contributed by atoms with Crippen molar-refractivity contribution in [2.24, 2.45) is 0 Å². The molecule has 19 heavy (non-hydrogen) atoms. The summed E-state index contributed by atoms with van der Waals surface area (Å²) in [6.45, 7) is 4.33. The van der Waals surface area contributed by atoms with Crippen LogP contribution >= 0.6 is 11.6 Å². The molecule has 4 nitrogen and oxygen atoms in total. The summed E-state index contributed by atoms with van der Waals surface area (Å²) in [5.41, 5.74) is 1.05. The Balaban J connectivity index is 2.23. The molecule has 0 atom stereocenters. The second-order valence-corrected chi connectivity index (χ2v) is 4.44. The van der Waals surface area contributed by atoms with Gasteiger partial charge in [0.25, 0.3) is 0 Å². The van der Waals surface area contributed by atoms with Crippen molar-refractivity contribution in [2.75, 3.05) is 13.1 Å². The van der Waals surface area contributed by atoms with Crippen LogP contribution in [-0.2, 0) is 16.0 Å². The first-order valence-corrected chi connectivity index (χ1v) is 6.38. The zero-order valence-electron chi connectivity index (χ0n) is 10.6. The lowest BCUT2D eigenvalue weighted by Gasteiger charge is -2.06. The normalized spacial score (nSPS) is 9.74. The van der Waals surface area contributed by atoms with Crippen molar-refractivity contribution in [3.8, 4) is 0 Å². The number of benzene rings is 1. The average molecular weight is 281 g/mol. The lowest BCUT2D eigenvalue weighted by atomic mass is 10.1. The zero-order valence-corrected chi connectivity index (χ0v) is 11.4. The van der Waals surface area contributed by atoms with Gasteiger partial charge in [-0.1, -0.05) is 29.8 Å². The lowest BCUT2D eigenvalue weighted by molar-refractivity contribution is -0.129. The van der Waals surface area contributed by atoms with Crippen LogP contribution in [0.4, 0.5) is 0 Å². The minimum atomic E-state index is -0.305. The van der Waals surface area contributed by atoms with E-state index in [0.717, 1.165) is 5.56 Å². The highest BCUT2D eigenvalue weighted by atomic mass is 35.5. The summed E-state index contributed by atoms with van der Waals surface area (Å²) in [5.74, 6) is -0.594. The van der Waals surface area contributed by atoms with Crippen molar-refractivity contribution < 1.29 is 9.59 Å². The fourth-order valence-corrected chi connectivity index (χ4v) is 1.71. The number of hydrogen-bond donors (Lipinski definition) is 2. The van der Waals surface area contributed by atoms with Crippen LogP contribution in [0, 0.1) is 0 Å². The Kier molecular flexibility index (Phi) is 6.68. The summed E-state index contributed by atoms with van der Waals surface area (Å²) < 4.78 is 0. The van der Waals surface area contributed by atoms with Crippen LogP contribution in [0.1, 0.15) is 12.0 Å². The number of carbonyl (C=O) groups is 2. The summed E-state index contributed by atoms with van der Waals surface area (Å²) in [4.78, 5) is 22.7. The van der Waals surface area contributed by atoms with Gasteiger partial charge >= 0.3 is 0 Å². The molecule has 0 aromatic heterocycles. The van der Waals surface area contributed by atoms with E-state index in [9.17, 15) is 9.59 Å². The van der Waals surface area contributed by atoms with E-state index in [4.69, 9.17) is 11.6 Å². The van der Waals surface area contributed by atoms with Gasteiger partial charge in [0.1, 0.15) is 6.42 Å². The molecule has 0 unspecified atom stereocenters. The Labute approximate surface area is 117 Å². The second kappa shape index (κ2) is 8.32. The Hall–Kier alpha value is -1.81. The van der Waals surface area contributed by atoms with Gasteiger partial charge in [0.05, 0.1) is 0 Å². The Morgan fingerprint density at radius 3 is 2.68 bits per heavy atom. The molecule has 0 spiro atoms. The molecule has 2 amide bonds. The number of nitrogens with one attached hydrogen (secondary N) is 2. The van der Waals surface area contributed by atoms with Gasteiger partial charge in [-0.05, 0) is 24.1 Å². The van der Waals surface area contributed by atoms with Crippen molar-refractivity contribution in [3.05, 3.63) is 47.5 Å². The van der Waals surface area contributed by atoms with Crippen molar-refractivity contribution in [3.63, 3.8) is 0 Å². The highest BCUT2D eigenvalue weighted by molar-refractivity contribution is 6.30. The molecule has 0 radical (unpaired) electrons. The second-order valence-electron chi connectivity index (χ2n) is 4.00. The van der Waals surface area contributed by atoms with Crippen LogP contribution in [0.3, 0.4) is 0 Å². The molecule has 0 heterocycles. The number of amides is 2. The van der Waals surface area contributed by atoms with E-state index in [0.29, 0.717) is 24.5 Å². The third-order valence-electron chi connectivity index (χ3n) is 2.39. The Bertz CT molecular complexity index is 461. The van der Waals surface area contributed by atoms with E-state index in [1.807, 2.05) is 18.2 Å². The van der Waals surface area contributed by atoms with Crippen LogP contribution in [0.5, 0.6) is 0 Å². The summed E-state index contributed by atoms with van der Waals surface area (Å²) in [6.07, 6.45) is 2.08. The van der Waals surface area contributed by atoms with Crippen molar-refractivity contribution in [1.29, 1.82) is 0 Å². The van der Waals surface area contributed by atoms with Gasteiger partial charge in [-0.25, -0.2) is 0 Å². The average Bonchev–Trinajstić information content (AvgIpc) is 2.36. The highest BCUT2D eigenvalue weighted by Gasteiger charge is 2.07. The third-order valence-corrected chi connectivity index (χ3v) is 2.62. The van der Waals surface area contributed by atoms with Crippen molar-refractivity contribution in [2.45, 2.75) is 12.8 Å². The van der Waals surface area contributed by atoms with Crippen LogP contribution in [-0.4, -0.2) is 24.9 Å². The Morgan fingerprint density at radius 2 is 2.00 bits per heavy atom. The summed E-state index contributed by atoms with van der Waals surface area (Å²) >= 11 is 5.86. The fourth-order valence-electron chi connectivity index (χ4n) is 1.50. The van der Waals surface area contributed by atoms with E-state index in [1.165, 1.54) is 0 Å². The number of carbonyl (C=O) groups excluding carboxylic acids is 2. The summed E-state index contributed by atoms with van der Waals surface area (Å²) in [7, 11) is 0. The van der Waals surface area contributed by atoms with Gasteiger partial charge < -0.3 is 10.6 Å². The maximum atomic E-state index is 11.4. The first-order valence-electron chi connectivity index (χ1n) is 6.00. The quantitative estimate of drug-likeness (QED) is 0.590. The molecule has 102 valence electrons. The smallest absolute Gasteiger partial charge is 0.229 e. The van der Waals surface area contributed by atoms with E-state index in [1.54, 1.807) is 12.1 Å². The van der Waals surface area contributed by atoms with E-state index >= 15 is 0 Å². The molecule has 0 bridgehead atoms. The molecule has 0 aliphatic heterocycles. The van der Waals surface area contributed by atoms with Crippen LogP contribution in [0.25, 0.3) is 0 Å². The largest absolute Gasteiger partial charge is 0.355 e. The van der Waals surface area contributed by atoms with Crippen molar-refractivity contribution >= 4 is 23.4 Å². The number of halogens is 1. The van der Waals surface area contributed by atoms with Gasteiger partial charge in [0.15, 0.2) is 0 Å². The predicted molar refractivity (Wildman–Crippen MR) is 76.0 cm³/mol. The molecule has 0 saturated heterocycles. The van der Waals surface area contributed by atoms with Crippen LogP contribution < -0.4 is 10.6 Å². The van der Waals surface area contributed by atoms with Crippen molar-refractivity contribution in [1.82, 2.24) is 10.6 Å². The zero-order chi connectivity index (χ0) is 14.1. The molecular weight excluding hydrogens is 264 g/mol. The molecule has 2 N–H and O–H groups in total. The molecule has 0 aliphatic rings. The minimum absolute atomic E-state index is 0.163. The monoisotopic (exact) mass is 280 g/mol. The lowest BCUT2D eigenvalue weighted by Crippen LogP contribution is -2.32. The predicted octanol–water partition coefficient (Wildman–Crippen LogP) is 1.69. The Morgan fingerprint density at radius 1 is 1.26 bits per heavy atom. The molecule has 1 aromatic carbocycles. The molecule has 0 aliphatic carbocycles. The van der Waals surface area contributed by atoms with E-state index in [-0.39, 0.29) is 18.2 Å². The van der Waals surface area contributed by atoms with E-state index in [2.05, 4.69) is 17.2 Å². The number of hydrogen-bond acceptors (Lipinski definition) is 2. The van der Waals surface area contributed by atoms with Gasteiger partial charge in [0, 0.05) is 18.1 Å². The first-order chi connectivity index (χ1) is 9.11. The van der Waals surface area contributed by atoms with Crippen LogP contribution in [0.2, 0.25) is 5.02 Å². The van der Waals surface area contributed by atoms with Gasteiger partial charge in [-0.2, -0.15) is 0 Å². The van der Waals surface area contributed by atoms with Gasteiger partial charge in [-0.3, -0.25) is 9.59 Å². The molecule has 1 rings (SSSR count). The number of rotatable bonds is 7. The molecule has 0 saturated carbocycles. The maximum absolute atomic E-state index is 11.4. The molecular formula is C14H17ClN2O2. The SMILES string of the molecule is C=CCNC(=O)CC(=O)NCCc1cccc(Cl)c1. The third kappa shape index (κ3) is 6.62. The standard InChI is InChI=1S/C14H17ClN2O2/c1-2-7-16-13(18)10-14(19)17-8-6-11-4-3-5-12(15)9-11/h2-5,9H,1,6-8,10H2,(H,16,18)(H,17,19). The van der Waals surface area contributed by atoms with Gasteiger partial charge in [-0.15, -0.1) is 6.58 Å². The first kappa shape index (κ1) is 15.2. The minimum Gasteiger partial charge on any atom is -0.355 e. The molecule has 1 aromatic rings. The highest BCUT2D eigenvalue weighted by Crippen LogP contribution is 2.10. The summed E-state index contributed by atoms with van der Waals surface area (Å²) in [5, 5.41) is 5.91. The van der Waals surface area contributed by atoms with E-state index < -0.39 is 0 Å². The van der Waals surface area contributed by atoms with Gasteiger partial charge in [0.2, 0.25) is 11.8 Å². The van der Waals surface area contributed by atoms with Crippen LogP contribution in [0.15, 0.2) is 36.9 Å². The topological polar surface area (TPSA) is 58.2 Å². The molecule has 5 heteroatoms. The maximum Gasteiger partial charge on any atom is 0.229 e. The molecule has 0 fully saturated rings. The summed E-state index contributed by atoms with van der Waals surface area (Å²) in [6, 6.07) is 7.45.